The molecule has 1 saturated carbocycles. The number of rotatable bonds is 1. The monoisotopic (exact) mass is 338 g/mol. The molecule has 0 amide bonds. The Hall–Kier alpha value is -2.34. The first-order valence-electron chi connectivity index (χ1n) is 9.97. The van der Waals surface area contributed by atoms with Crippen molar-refractivity contribution in [2.24, 2.45) is 5.92 Å². The molecule has 26 heavy (non-hydrogen) atoms. The van der Waals surface area contributed by atoms with Crippen LogP contribution in [-0.4, -0.2) is 0 Å². The van der Waals surface area contributed by atoms with Gasteiger partial charge >= 0.3 is 0 Å². The van der Waals surface area contributed by atoms with Crippen LogP contribution in [0.5, 0.6) is 0 Å². The van der Waals surface area contributed by atoms with Crippen LogP contribution in [0.1, 0.15) is 53.4 Å². The normalized spacial score (nSPS) is 25.0. The lowest BCUT2D eigenvalue weighted by Gasteiger charge is -2.44. The number of aryl methyl sites for hydroxylation is 1. The van der Waals surface area contributed by atoms with Crippen LogP contribution >= 0.6 is 0 Å². The predicted molar refractivity (Wildman–Crippen MR) is 111 cm³/mol. The van der Waals surface area contributed by atoms with Crippen LogP contribution in [0.2, 0.25) is 0 Å². The molecule has 0 radical (unpaired) electrons. The van der Waals surface area contributed by atoms with Crippen LogP contribution < -0.4 is 0 Å². The first kappa shape index (κ1) is 15.9. The minimum atomic E-state index is 0.571. The Morgan fingerprint density at radius 1 is 0.885 bits per heavy atom. The number of hydrogen-bond donors (Lipinski definition) is 0. The lowest BCUT2D eigenvalue weighted by molar-refractivity contribution is 0.314. The van der Waals surface area contributed by atoms with Gasteiger partial charge in [-0.2, -0.15) is 0 Å². The third kappa shape index (κ3) is 2.43. The lowest BCUT2D eigenvalue weighted by atomic mass is 9.59. The Morgan fingerprint density at radius 3 is 2.54 bits per heavy atom. The summed E-state index contributed by atoms with van der Waals surface area (Å²) in [5.74, 6) is 1.78. The van der Waals surface area contributed by atoms with E-state index in [0.29, 0.717) is 17.8 Å². The fourth-order valence-corrected chi connectivity index (χ4v) is 5.53. The number of fused-ring (bicyclic) bond motifs is 5. The quantitative estimate of drug-likeness (QED) is 0.422. The minimum absolute atomic E-state index is 0.571. The highest BCUT2D eigenvalue weighted by molar-refractivity contribution is 5.87. The largest absolute Gasteiger partial charge is 0.0995 e. The van der Waals surface area contributed by atoms with Gasteiger partial charge in [-0.15, -0.1) is 0 Å². The van der Waals surface area contributed by atoms with Crippen LogP contribution in [0.15, 0.2) is 72.8 Å². The molecule has 0 spiro atoms. The molecule has 130 valence electrons. The highest BCUT2D eigenvalue weighted by atomic mass is 14.4. The molecular weight excluding hydrogens is 312 g/mol. The molecule has 0 saturated heterocycles. The summed E-state index contributed by atoms with van der Waals surface area (Å²) in [7, 11) is 0. The molecule has 5 rings (SSSR count). The van der Waals surface area contributed by atoms with Crippen molar-refractivity contribution >= 4 is 10.8 Å². The van der Waals surface area contributed by atoms with Gasteiger partial charge in [-0.1, -0.05) is 78.4 Å². The predicted octanol–water partition coefficient (Wildman–Crippen LogP) is 6.93. The minimum Gasteiger partial charge on any atom is -0.0995 e. The van der Waals surface area contributed by atoms with Gasteiger partial charge in [0.05, 0.1) is 0 Å². The van der Waals surface area contributed by atoms with Crippen LogP contribution in [0, 0.1) is 12.8 Å². The summed E-state index contributed by atoms with van der Waals surface area (Å²) < 4.78 is 0. The maximum absolute atomic E-state index is 4.54. The van der Waals surface area contributed by atoms with E-state index in [4.69, 9.17) is 0 Å². The van der Waals surface area contributed by atoms with Crippen LogP contribution in [0.25, 0.3) is 10.8 Å². The SMILES string of the molecule is C=C1CCCC2c3c(ccc4ccccc34)CC(c3ccc(C)cc3)C12. The molecule has 0 N–H and O–H groups in total. The zero-order valence-corrected chi connectivity index (χ0v) is 15.5. The van der Waals surface area contributed by atoms with E-state index in [9.17, 15) is 0 Å². The first-order chi connectivity index (χ1) is 12.7. The van der Waals surface area contributed by atoms with Gasteiger partial charge in [0.25, 0.3) is 0 Å². The average molecular weight is 338 g/mol. The highest BCUT2D eigenvalue weighted by Crippen LogP contribution is 2.54. The summed E-state index contributed by atoms with van der Waals surface area (Å²) >= 11 is 0. The van der Waals surface area contributed by atoms with E-state index < -0.39 is 0 Å². The Bertz CT molecular complexity index is 977. The van der Waals surface area contributed by atoms with Crippen molar-refractivity contribution in [3.63, 3.8) is 0 Å². The Balaban J connectivity index is 1.70. The molecule has 1 fully saturated rings. The second kappa shape index (κ2) is 6.13. The number of allylic oxidation sites excluding steroid dienone is 1. The molecule has 0 heterocycles. The molecule has 3 aromatic rings. The summed E-state index contributed by atoms with van der Waals surface area (Å²) in [4.78, 5) is 0. The van der Waals surface area contributed by atoms with Crippen LogP contribution in [0.3, 0.4) is 0 Å². The van der Waals surface area contributed by atoms with Crippen molar-refractivity contribution in [3.05, 3.63) is 95.1 Å². The summed E-state index contributed by atoms with van der Waals surface area (Å²) in [6.45, 7) is 6.72. The highest BCUT2D eigenvalue weighted by Gasteiger charge is 2.41. The topological polar surface area (TPSA) is 0 Å². The van der Waals surface area contributed by atoms with E-state index >= 15 is 0 Å². The van der Waals surface area contributed by atoms with Crippen molar-refractivity contribution < 1.29 is 0 Å². The zero-order chi connectivity index (χ0) is 17.7. The third-order valence-electron chi connectivity index (χ3n) is 6.73. The van der Waals surface area contributed by atoms with Gasteiger partial charge in [0.1, 0.15) is 0 Å². The van der Waals surface area contributed by atoms with E-state index in [1.54, 1.807) is 11.1 Å². The van der Waals surface area contributed by atoms with Gasteiger partial charge in [-0.05, 0) is 77.8 Å². The standard InChI is InChI=1S/C26H26/c1-17-10-12-20(13-11-17)24-16-21-15-14-19-7-3-4-8-22(19)26(21)23-9-5-6-18(2)25(23)24/h3-4,7-8,10-15,23-25H,2,5-6,9,16H2,1H3. The second-order valence-electron chi connectivity index (χ2n) is 8.26. The number of benzene rings is 3. The number of hydrogen-bond acceptors (Lipinski definition) is 0. The molecule has 2 aliphatic carbocycles. The summed E-state index contributed by atoms with van der Waals surface area (Å²) in [6.07, 6.45) is 4.92. The van der Waals surface area contributed by atoms with Crippen molar-refractivity contribution in [1.82, 2.24) is 0 Å². The van der Waals surface area contributed by atoms with Gasteiger partial charge in [0.15, 0.2) is 0 Å². The van der Waals surface area contributed by atoms with Crippen molar-refractivity contribution in [1.29, 1.82) is 0 Å². The van der Waals surface area contributed by atoms with Crippen molar-refractivity contribution in [3.8, 4) is 0 Å². The third-order valence-corrected chi connectivity index (χ3v) is 6.73. The zero-order valence-electron chi connectivity index (χ0n) is 15.5. The van der Waals surface area contributed by atoms with E-state index in [2.05, 4.69) is 74.2 Å². The molecule has 0 heteroatoms. The summed E-state index contributed by atoms with van der Waals surface area (Å²) in [6, 6.07) is 22.9. The molecule has 3 atom stereocenters. The molecule has 2 aliphatic rings. The molecule has 0 bridgehead atoms. The van der Waals surface area contributed by atoms with Crippen LogP contribution in [-0.2, 0) is 6.42 Å². The molecule has 3 unspecified atom stereocenters. The van der Waals surface area contributed by atoms with E-state index in [-0.39, 0.29) is 0 Å². The maximum Gasteiger partial charge on any atom is -0.00500 e. The fraction of sp³-hybridized carbons (Fsp3) is 0.308. The molecule has 3 aromatic carbocycles. The summed E-state index contributed by atoms with van der Waals surface area (Å²) in [5, 5.41) is 2.85. The van der Waals surface area contributed by atoms with Gasteiger partial charge in [-0.25, -0.2) is 0 Å². The van der Waals surface area contributed by atoms with E-state index in [1.807, 2.05) is 0 Å². The van der Waals surface area contributed by atoms with Gasteiger partial charge < -0.3 is 0 Å². The molecular formula is C26H26. The van der Waals surface area contributed by atoms with Crippen LogP contribution in [0.4, 0.5) is 0 Å². The van der Waals surface area contributed by atoms with Gasteiger partial charge in [0.2, 0.25) is 0 Å². The Morgan fingerprint density at radius 2 is 1.69 bits per heavy atom. The van der Waals surface area contributed by atoms with Gasteiger partial charge in [0, 0.05) is 0 Å². The first-order valence-corrected chi connectivity index (χ1v) is 9.97. The maximum atomic E-state index is 4.54. The van der Waals surface area contributed by atoms with E-state index in [1.165, 1.54) is 46.7 Å². The van der Waals surface area contributed by atoms with E-state index in [0.717, 1.165) is 6.42 Å². The Labute approximate surface area is 156 Å². The molecule has 0 nitrogen and oxygen atoms in total. The fourth-order valence-electron chi connectivity index (χ4n) is 5.53. The molecule has 0 aromatic heterocycles. The Kier molecular flexibility index (Phi) is 3.74. The smallest absolute Gasteiger partial charge is 0.00500 e. The molecule has 0 aliphatic heterocycles. The van der Waals surface area contributed by atoms with Gasteiger partial charge in [-0.3, -0.25) is 0 Å². The summed E-state index contributed by atoms with van der Waals surface area (Å²) in [5.41, 5.74) is 7.50. The average Bonchev–Trinajstić information content (AvgIpc) is 2.68. The lowest BCUT2D eigenvalue weighted by Crippen LogP contribution is -2.32. The van der Waals surface area contributed by atoms with Crippen molar-refractivity contribution in [2.45, 2.75) is 44.4 Å². The van der Waals surface area contributed by atoms with Crippen molar-refractivity contribution in [2.75, 3.05) is 0 Å². The second-order valence-corrected chi connectivity index (χ2v) is 8.26.